The van der Waals surface area contributed by atoms with E-state index in [0.29, 0.717) is 37.4 Å². The van der Waals surface area contributed by atoms with Crippen molar-refractivity contribution in [2.24, 2.45) is 13.0 Å². The highest BCUT2D eigenvalue weighted by atomic mass is 19.4. The number of halogens is 3. The minimum absolute atomic E-state index is 0.0440. The van der Waals surface area contributed by atoms with E-state index in [1.54, 1.807) is 19.4 Å². The Hall–Kier alpha value is -3.57. The Labute approximate surface area is 187 Å². The number of aryl methyl sites for hydroxylation is 1. The van der Waals surface area contributed by atoms with Gasteiger partial charge in [0.15, 0.2) is 5.65 Å². The Kier molecular flexibility index (Phi) is 5.76. The lowest BCUT2D eigenvalue weighted by Gasteiger charge is -2.41. The van der Waals surface area contributed by atoms with Crippen LogP contribution in [0.15, 0.2) is 35.5 Å². The number of nitrogens with zero attached hydrogens (tertiary/aromatic N) is 5. The van der Waals surface area contributed by atoms with Crippen LogP contribution in [0, 0.1) is 5.92 Å². The van der Waals surface area contributed by atoms with Gasteiger partial charge in [-0.25, -0.2) is 14.8 Å². The molecule has 0 saturated carbocycles. The summed E-state index contributed by atoms with van der Waals surface area (Å²) in [4.78, 5) is 40.6. The maximum absolute atomic E-state index is 13.1. The second-order valence-corrected chi connectivity index (χ2v) is 8.32. The van der Waals surface area contributed by atoms with Crippen molar-refractivity contribution in [1.29, 1.82) is 0 Å². The molecule has 12 heteroatoms. The molecule has 2 amide bonds. The van der Waals surface area contributed by atoms with E-state index in [9.17, 15) is 22.8 Å². The van der Waals surface area contributed by atoms with Crippen LogP contribution in [0.25, 0.3) is 11.2 Å². The Bertz CT molecular complexity index is 1240. The topological polar surface area (TPSA) is 99.2 Å². The number of pyridine rings is 1. The van der Waals surface area contributed by atoms with Crippen molar-refractivity contribution in [1.82, 2.24) is 24.4 Å². The number of urea groups is 1. The monoisotopic (exact) mass is 463 g/mol. The number of alkyl halides is 3. The van der Waals surface area contributed by atoms with E-state index in [-0.39, 0.29) is 12.0 Å². The molecule has 0 aromatic carbocycles. The summed E-state index contributed by atoms with van der Waals surface area (Å²) in [5, 5.41) is 2.36. The van der Waals surface area contributed by atoms with Crippen LogP contribution < -0.4 is 15.8 Å². The van der Waals surface area contributed by atoms with E-state index in [1.807, 2.05) is 13.0 Å². The van der Waals surface area contributed by atoms with Gasteiger partial charge in [-0.1, -0.05) is 6.92 Å². The first-order valence-electron chi connectivity index (χ1n) is 10.4. The van der Waals surface area contributed by atoms with Crippen LogP contribution in [0.5, 0.6) is 0 Å². The largest absolute Gasteiger partial charge is 0.417 e. The van der Waals surface area contributed by atoms with E-state index in [4.69, 9.17) is 0 Å². The quantitative estimate of drug-likeness (QED) is 0.622. The molecule has 2 unspecified atom stereocenters. The third-order valence-corrected chi connectivity index (χ3v) is 6.00. The highest BCUT2D eigenvalue weighted by molar-refractivity contribution is 5.89. The Morgan fingerprint density at radius 2 is 2.12 bits per heavy atom. The number of nitrogens with one attached hydrogen (secondary N) is 2. The number of anilines is 2. The summed E-state index contributed by atoms with van der Waals surface area (Å²) in [6.07, 6.45) is 0.163. The van der Waals surface area contributed by atoms with E-state index >= 15 is 0 Å². The second-order valence-electron chi connectivity index (χ2n) is 8.32. The predicted molar refractivity (Wildman–Crippen MR) is 117 cm³/mol. The molecule has 9 nitrogen and oxygen atoms in total. The fraction of sp³-hybridized carbons (Fsp3) is 0.429. The molecule has 2 N–H and O–H groups in total. The molecular weight excluding hydrogens is 439 g/mol. The fourth-order valence-corrected chi connectivity index (χ4v) is 4.20. The third-order valence-electron chi connectivity index (χ3n) is 6.00. The van der Waals surface area contributed by atoms with E-state index < -0.39 is 29.0 Å². The number of carbonyl (C=O) groups is 1. The molecule has 4 rings (SSSR count). The summed E-state index contributed by atoms with van der Waals surface area (Å²) in [5.74, 6) is 0.787. The average Bonchev–Trinajstić information content (AvgIpc) is 3.23. The van der Waals surface area contributed by atoms with E-state index in [1.165, 1.54) is 11.9 Å². The number of aromatic amines is 1. The number of rotatable bonds is 3. The molecular formula is C21H24F3N7O2. The van der Waals surface area contributed by atoms with Crippen molar-refractivity contribution in [3.05, 3.63) is 46.6 Å². The van der Waals surface area contributed by atoms with Crippen molar-refractivity contribution in [2.75, 3.05) is 30.4 Å². The van der Waals surface area contributed by atoms with Crippen molar-refractivity contribution < 1.29 is 18.0 Å². The van der Waals surface area contributed by atoms with Gasteiger partial charge in [-0.15, -0.1) is 0 Å². The summed E-state index contributed by atoms with van der Waals surface area (Å²) < 4.78 is 40.1. The Balaban J connectivity index is 1.45. The van der Waals surface area contributed by atoms with Gasteiger partial charge >= 0.3 is 12.2 Å². The van der Waals surface area contributed by atoms with Gasteiger partial charge in [-0.3, -0.25) is 4.79 Å². The van der Waals surface area contributed by atoms with Crippen molar-refractivity contribution in [3.8, 4) is 0 Å². The smallest absolute Gasteiger partial charge is 0.355 e. The molecule has 1 aliphatic rings. The van der Waals surface area contributed by atoms with Gasteiger partial charge in [-0.2, -0.15) is 13.2 Å². The van der Waals surface area contributed by atoms with Gasteiger partial charge in [0.1, 0.15) is 17.0 Å². The molecule has 176 valence electrons. The van der Waals surface area contributed by atoms with Crippen LogP contribution in [0.2, 0.25) is 0 Å². The Morgan fingerprint density at radius 1 is 1.36 bits per heavy atom. The van der Waals surface area contributed by atoms with Gasteiger partial charge < -0.3 is 24.7 Å². The number of aromatic nitrogens is 4. The van der Waals surface area contributed by atoms with E-state index in [2.05, 4.69) is 25.2 Å². The standard InChI is InChI=1S/C21H24F3N7O2/c1-12-10-31(17-9-26-18-14(27-17)4-6-25-18)7-5-16(12)30(3)20(33)28-15-8-13(21(22,23)24)11-29(2)19(15)32/h4,6,8-9,11-12,16H,5,7,10H2,1-3H3,(H,25,26)(H,28,33). The summed E-state index contributed by atoms with van der Waals surface area (Å²) in [5.41, 5.74) is -0.666. The number of H-pyrrole nitrogens is 1. The maximum Gasteiger partial charge on any atom is 0.417 e. The first kappa shape index (κ1) is 22.6. The number of hydrogen-bond acceptors (Lipinski definition) is 5. The van der Waals surface area contributed by atoms with Gasteiger partial charge in [0.05, 0.1) is 11.8 Å². The second kappa shape index (κ2) is 8.41. The first-order chi connectivity index (χ1) is 15.5. The van der Waals surface area contributed by atoms with Crippen LogP contribution >= 0.6 is 0 Å². The van der Waals surface area contributed by atoms with Gasteiger partial charge in [0.25, 0.3) is 5.56 Å². The molecule has 1 fully saturated rings. The molecule has 2 atom stereocenters. The van der Waals surface area contributed by atoms with Crippen molar-refractivity contribution in [2.45, 2.75) is 25.6 Å². The van der Waals surface area contributed by atoms with Gasteiger partial charge in [0.2, 0.25) is 0 Å². The molecule has 0 radical (unpaired) electrons. The van der Waals surface area contributed by atoms with Crippen molar-refractivity contribution >= 4 is 28.7 Å². The van der Waals surface area contributed by atoms with E-state index in [0.717, 1.165) is 15.9 Å². The molecule has 3 aromatic rings. The predicted octanol–water partition coefficient (Wildman–Crippen LogP) is 3.05. The normalized spacial score (nSPS) is 19.0. The lowest BCUT2D eigenvalue weighted by molar-refractivity contribution is -0.138. The SMILES string of the molecule is CC1CN(c2cnc3[nH]ccc3n2)CCC1N(C)C(=O)Nc1cc(C(F)(F)F)cn(C)c1=O. The van der Waals surface area contributed by atoms with Gasteiger partial charge in [-0.05, 0) is 24.5 Å². The molecule has 0 bridgehead atoms. The van der Waals surface area contributed by atoms with Crippen LogP contribution in [0.4, 0.5) is 29.5 Å². The highest BCUT2D eigenvalue weighted by Gasteiger charge is 2.34. The lowest BCUT2D eigenvalue weighted by Crippen LogP contribution is -2.52. The average molecular weight is 463 g/mol. The van der Waals surface area contributed by atoms with Crippen LogP contribution in [-0.2, 0) is 13.2 Å². The number of carbonyl (C=O) groups excluding carboxylic acids is 1. The summed E-state index contributed by atoms with van der Waals surface area (Å²) in [6, 6.07) is 1.71. The molecule has 1 saturated heterocycles. The summed E-state index contributed by atoms with van der Waals surface area (Å²) in [6.45, 7) is 3.24. The number of fused-ring (bicyclic) bond motifs is 1. The number of hydrogen-bond donors (Lipinski definition) is 2. The molecule has 3 aromatic heterocycles. The van der Waals surface area contributed by atoms with Crippen LogP contribution in [-0.4, -0.2) is 56.6 Å². The number of piperidine rings is 1. The lowest BCUT2D eigenvalue weighted by atomic mass is 9.93. The molecule has 0 spiro atoms. The molecule has 1 aliphatic heterocycles. The zero-order chi connectivity index (χ0) is 23.9. The first-order valence-corrected chi connectivity index (χ1v) is 10.4. The summed E-state index contributed by atoms with van der Waals surface area (Å²) >= 11 is 0. The minimum Gasteiger partial charge on any atom is -0.355 e. The molecule has 33 heavy (non-hydrogen) atoms. The highest BCUT2D eigenvalue weighted by Crippen LogP contribution is 2.30. The third kappa shape index (κ3) is 4.50. The summed E-state index contributed by atoms with van der Waals surface area (Å²) in [7, 11) is 2.79. The zero-order valence-corrected chi connectivity index (χ0v) is 18.3. The van der Waals surface area contributed by atoms with Crippen molar-refractivity contribution in [3.63, 3.8) is 0 Å². The van der Waals surface area contributed by atoms with Crippen LogP contribution in [0.3, 0.4) is 0 Å². The van der Waals surface area contributed by atoms with Crippen LogP contribution in [0.1, 0.15) is 18.9 Å². The Morgan fingerprint density at radius 3 is 2.82 bits per heavy atom. The maximum atomic E-state index is 13.1. The number of amides is 2. The fourth-order valence-electron chi connectivity index (χ4n) is 4.20. The molecule has 4 heterocycles. The van der Waals surface area contributed by atoms with Gasteiger partial charge in [0, 0.05) is 45.6 Å². The zero-order valence-electron chi connectivity index (χ0n) is 18.3. The molecule has 0 aliphatic carbocycles. The minimum atomic E-state index is -4.63.